The minimum atomic E-state index is -0.715. The van der Waals surface area contributed by atoms with Gasteiger partial charge in [0.2, 0.25) is 17.8 Å². The number of nitrogens with zero attached hydrogens (tertiary/aromatic N) is 13. The predicted octanol–water partition coefficient (Wildman–Crippen LogP) is 3.20. The van der Waals surface area contributed by atoms with E-state index in [9.17, 15) is 29.7 Å². The van der Waals surface area contributed by atoms with E-state index in [4.69, 9.17) is 11.1 Å². The number of unbranched alkanes of at least 4 members (excludes halogenated alkanes) is 2. The third-order valence-electron chi connectivity index (χ3n) is 7.66. The molecule has 8 N–H and O–H groups in total. The standard InChI is InChI=1S/C32H28N20O4/c33-14-18-16-39-51(31(35)36)27(18)46-43-23-25(45-48-29(23)55)41-21(53)10-5-2-6-11-22(54)42-26-24(30(56)50(49-26)20-8-3-1-4-9-20)44-47-28-19(15-34)17-40-52(28)32-37-12-7-13-38-32/h1,3-4,7-9,12-13,16-17,49H,2,5-6,10-11H2,(H3,35,36)(H,42,54)(H3,41,45,48,53,55). The zero-order valence-corrected chi connectivity index (χ0v) is 28.8. The van der Waals surface area contributed by atoms with Crippen LogP contribution in [0.1, 0.15) is 43.2 Å². The van der Waals surface area contributed by atoms with Crippen LogP contribution in [0.3, 0.4) is 0 Å². The number of amides is 2. The van der Waals surface area contributed by atoms with Gasteiger partial charge in [0.1, 0.15) is 23.3 Å². The van der Waals surface area contributed by atoms with Gasteiger partial charge in [-0.1, -0.05) is 24.6 Å². The molecule has 0 bridgehead atoms. The van der Waals surface area contributed by atoms with Crippen LogP contribution in [0.25, 0.3) is 11.6 Å². The van der Waals surface area contributed by atoms with E-state index in [-0.39, 0.29) is 64.6 Å². The Morgan fingerprint density at radius 1 is 0.804 bits per heavy atom. The number of benzene rings is 1. The zero-order valence-electron chi connectivity index (χ0n) is 28.8. The number of anilines is 2. The van der Waals surface area contributed by atoms with Crippen LogP contribution in [0.15, 0.2) is 91.2 Å². The average molecular weight is 757 g/mol. The molecule has 0 atom stereocenters. The second-order valence-corrected chi connectivity index (χ2v) is 11.4. The molecule has 280 valence electrons. The number of aromatic amines is 3. The van der Waals surface area contributed by atoms with Crippen molar-refractivity contribution in [2.75, 3.05) is 10.6 Å². The summed E-state index contributed by atoms with van der Waals surface area (Å²) in [6, 6.07) is 14.0. The zero-order chi connectivity index (χ0) is 39.6. The first-order valence-electron chi connectivity index (χ1n) is 16.4. The third-order valence-corrected chi connectivity index (χ3v) is 7.66. The van der Waals surface area contributed by atoms with Crippen molar-refractivity contribution >= 4 is 52.4 Å². The highest BCUT2D eigenvalue weighted by atomic mass is 16.2. The Labute approximate surface area is 312 Å². The molecule has 24 heteroatoms. The van der Waals surface area contributed by atoms with Gasteiger partial charge in [-0.15, -0.1) is 20.5 Å². The van der Waals surface area contributed by atoms with Crippen molar-refractivity contribution < 1.29 is 9.59 Å². The first-order valence-corrected chi connectivity index (χ1v) is 16.4. The number of nitriles is 2. The van der Waals surface area contributed by atoms with Crippen LogP contribution < -0.4 is 27.5 Å². The number of nitrogen functional groups attached to an aromatic ring is 1. The van der Waals surface area contributed by atoms with E-state index in [0.29, 0.717) is 24.9 Å². The lowest BCUT2D eigenvalue weighted by Crippen LogP contribution is -2.21. The van der Waals surface area contributed by atoms with Crippen LogP contribution in [-0.2, 0) is 9.59 Å². The van der Waals surface area contributed by atoms with Crippen molar-refractivity contribution in [1.82, 2.24) is 49.5 Å². The summed E-state index contributed by atoms with van der Waals surface area (Å²) in [5, 5.41) is 63.1. The number of aromatic nitrogens is 10. The number of carbonyl (C=O) groups excluding carboxylic acids is 2. The van der Waals surface area contributed by atoms with E-state index in [1.807, 2.05) is 12.1 Å². The number of hydrogen-bond acceptors (Lipinski definition) is 15. The highest BCUT2D eigenvalue weighted by Gasteiger charge is 2.20. The Bertz CT molecular complexity index is 2660. The number of azo groups is 2. The van der Waals surface area contributed by atoms with Gasteiger partial charge < -0.3 is 16.4 Å². The predicted molar refractivity (Wildman–Crippen MR) is 195 cm³/mol. The van der Waals surface area contributed by atoms with Crippen LogP contribution in [0.2, 0.25) is 0 Å². The van der Waals surface area contributed by atoms with E-state index in [1.54, 1.807) is 36.4 Å². The Morgan fingerprint density at radius 2 is 1.43 bits per heavy atom. The Morgan fingerprint density at radius 3 is 2.11 bits per heavy atom. The highest BCUT2D eigenvalue weighted by molar-refractivity contribution is 5.93. The van der Waals surface area contributed by atoms with E-state index in [2.05, 4.69) is 66.6 Å². The Hall–Kier alpha value is -8.67. The molecule has 0 aliphatic rings. The number of H-pyrrole nitrogens is 3. The molecule has 5 heterocycles. The second kappa shape index (κ2) is 16.8. The molecule has 5 aromatic heterocycles. The molecule has 0 aliphatic carbocycles. The summed E-state index contributed by atoms with van der Waals surface area (Å²) in [6.07, 6.45) is 6.58. The fourth-order valence-electron chi connectivity index (χ4n) is 5.01. The lowest BCUT2D eigenvalue weighted by molar-refractivity contribution is -0.116. The maximum Gasteiger partial charge on any atom is 0.301 e. The normalized spacial score (nSPS) is 11.1. The number of para-hydroxylation sites is 1. The highest BCUT2D eigenvalue weighted by Crippen LogP contribution is 2.27. The fourth-order valence-corrected chi connectivity index (χ4v) is 5.01. The number of nitrogens with two attached hydrogens (primary N) is 1. The van der Waals surface area contributed by atoms with Gasteiger partial charge in [-0.25, -0.2) is 14.6 Å². The smallest absolute Gasteiger partial charge is 0.301 e. The lowest BCUT2D eigenvalue weighted by atomic mass is 10.1. The second-order valence-electron chi connectivity index (χ2n) is 11.4. The first kappa shape index (κ1) is 37.1. The molecule has 6 rings (SSSR count). The monoisotopic (exact) mass is 756 g/mol. The summed E-state index contributed by atoms with van der Waals surface area (Å²) >= 11 is 0. The van der Waals surface area contributed by atoms with E-state index in [1.165, 1.54) is 28.0 Å². The molecule has 0 aliphatic heterocycles. The van der Waals surface area contributed by atoms with Crippen molar-refractivity contribution in [3.63, 3.8) is 0 Å². The summed E-state index contributed by atoms with van der Waals surface area (Å²) in [4.78, 5) is 59.8. The van der Waals surface area contributed by atoms with E-state index < -0.39 is 28.9 Å². The van der Waals surface area contributed by atoms with Crippen molar-refractivity contribution in [2.45, 2.75) is 32.1 Å². The SMILES string of the molecule is N#Cc1cnn(C(=N)N)c1N=Nc1c(NC(=O)CCCCCC(=O)Nc2[nH]n(-c3ccccc3)c(=O)c2N=Nc2c(C#N)cnn2-c2ncccn2)[nH][nH]c1=O. The van der Waals surface area contributed by atoms with Gasteiger partial charge in [-0.3, -0.25) is 39.9 Å². The van der Waals surface area contributed by atoms with Crippen LogP contribution in [-0.4, -0.2) is 67.3 Å². The number of nitrogens with one attached hydrogen (secondary N) is 6. The van der Waals surface area contributed by atoms with Crippen molar-refractivity contribution in [3.8, 4) is 23.8 Å². The van der Waals surface area contributed by atoms with Crippen LogP contribution >= 0.6 is 0 Å². The fraction of sp³-hybridized carbons (Fsp3) is 0.156. The molecular weight excluding hydrogens is 728 g/mol. The molecular formula is C32H28N20O4. The number of hydrogen-bond donors (Lipinski definition) is 7. The molecule has 24 nitrogen and oxygen atoms in total. The first-order chi connectivity index (χ1) is 27.2. The van der Waals surface area contributed by atoms with Gasteiger partial charge in [-0.2, -0.15) is 30.1 Å². The molecule has 2 amide bonds. The van der Waals surface area contributed by atoms with Crippen molar-refractivity contribution in [2.24, 2.45) is 26.2 Å². The molecule has 1 aromatic carbocycles. The molecule has 0 spiro atoms. The van der Waals surface area contributed by atoms with E-state index >= 15 is 0 Å². The van der Waals surface area contributed by atoms with Crippen LogP contribution in [0.5, 0.6) is 0 Å². The van der Waals surface area contributed by atoms with Gasteiger partial charge in [0.05, 0.1) is 18.1 Å². The van der Waals surface area contributed by atoms with Gasteiger partial charge in [0.25, 0.3) is 11.5 Å². The van der Waals surface area contributed by atoms with Gasteiger partial charge >= 0.3 is 5.56 Å². The molecule has 0 unspecified atom stereocenters. The quantitative estimate of drug-likeness (QED) is 0.0366. The maximum atomic E-state index is 13.5. The molecule has 0 radical (unpaired) electrons. The van der Waals surface area contributed by atoms with Crippen molar-refractivity contribution in [1.29, 1.82) is 15.9 Å². The number of rotatable bonds is 14. The van der Waals surface area contributed by atoms with Crippen LogP contribution in [0.4, 0.5) is 34.6 Å². The minimum absolute atomic E-state index is 0.0185. The summed E-state index contributed by atoms with van der Waals surface area (Å²) in [5.41, 5.74) is 4.00. The summed E-state index contributed by atoms with van der Waals surface area (Å²) < 4.78 is 3.21. The lowest BCUT2D eigenvalue weighted by Gasteiger charge is -2.05. The molecule has 0 saturated heterocycles. The summed E-state index contributed by atoms with van der Waals surface area (Å²) in [5.74, 6) is -1.70. The molecule has 56 heavy (non-hydrogen) atoms. The Kier molecular flexibility index (Phi) is 11.1. The summed E-state index contributed by atoms with van der Waals surface area (Å²) in [6.45, 7) is 0. The van der Waals surface area contributed by atoms with Gasteiger partial charge in [0, 0.05) is 25.2 Å². The molecule has 0 fully saturated rings. The topological polar surface area (TPSA) is 353 Å². The molecule has 0 saturated carbocycles. The maximum absolute atomic E-state index is 13.5. The number of carbonyl (C=O) groups is 2. The largest absolute Gasteiger partial charge is 0.368 e. The van der Waals surface area contributed by atoms with E-state index in [0.717, 1.165) is 10.9 Å². The van der Waals surface area contributed by atoms with Crippen LogP contribution in [0, 0.1) is 28.1 Å². The summed E-state index contributed by atoms with van der Waals surface area (Å²) in [7, 11) is 0. The average Bonchev–Trinajstić information content (AvgIpc) is 3.98. The van der Waals surface area contributed by atoms with Crippen molar-refractivity contribution in [3.05, 3.63) is 93.0 Å². The van der Waals surface area contributed by atoms with Gasteiger partial charge in [0.15, 0.2) is 34.6 Å². The minimum Gasteiger partial charge on any atom is -0.368 e. The molecule has 6 aromatic rings. The Balaban J connectivity index is 1.08. The van der Waals surface area contributed by atoms with Gasteiger partial charge in [-0.05, 0) is 31.0 Å². The third kappa shape index (κ3) is 8.18.